The van der Waals surface area contributed by atoms with Crippen LogP contribution in [0.5, 0.6) is 0 Å². The van der Waals surface area contributed by atoms with Gasteiger partial charge in [-0.1, -0.05) is 49.4 Å². The van der Waals surface area contributed by atoms with E-state index < -0.39 is 0 Å². The Morgan fingerprint density at radius 1 is 1.24 bits per heavy atom. The Hall–Kier alpha value is -1.08. The summed E-state index contributed by atoms with van der Waals surface area (Å²) >= 11 is 0. The van der Waals surface area contributed by atoms with E-state index in [1.807, 2.05) is 0 Å². The molecule has 1 aromatic carbocycles. The molecule has 2 rings (SSSR count). The molecule has 1 nitrogen and oxygen atoms in total. The molecule has 0 amide bonds. The summed E-state index contributed by atoms with van der Waals surface area (Å²) in [7, 11) is 0. The van der Waals surface area contributed by atoms with Crippen LogP contribution in [-0.4, -0.2) is 18.0 Å². The second-order valence-corrected chi connectivity index (χ2v) is 5.21. The van der Waals surface area contributed by atoms with Crippen LogP contribution in [0.4, 0.5) is 0 Å². The van der Waals surface area contributed by atoms with Crippen LogP contribution in [0.3, 0.4) is 0 Å². The molecule has 0 radical (unpaired) electrons. The van der Waals surface area contributed by atoms with Gasteiger partial charge in [-0.15, -0.1) is 0 Å². The highest BCUT2D eigenvalue weighted by Crippen LogP contribution is 2.31. The lowest BCUT2D eigenvalue weighted by Gasteiger charge is -2.24. The summed E-state index contributed by atoms with van der Waals surface area (Å²) in [5, 5.41) is 0. The standard InChI is InChI=1S/C16H23N/c1-4-8-16-12-17(11-13(16)2)14(3)15-9-6-5-7-10-15/h4-10,13-14,16H,11-12H2,1-3H3/b8-4-. The molecule has 0 aromatic heterocycles. The average molecular weight is 229 g/mol. The van der Waals surface area contributed by atoms with Gasteiger partial charge in [0.15, 0.2) is 0 Å². The number of hydrogen-bond acceptors (Lipinski definition) is 1. The van der Waals surface area contributed by atoms with Crippen molar-refractivity contribution in [1.82, 2.24) is 4.90 Å². The van der Waals surface area contributed by atoms with E-state index in [9.17, 15) is 0 Å². The van der Waals surface area contributed by atoms with Gasteiger partial charge in [0.25, 0.3) is 0 Å². The summed E-state index contributed by atoms with van der Waals surface area (Å²) in [4.78, 5) is 2.60. The molecule has 17 heavy (non-hydrogen) atoms. The van der Waals surface area contributed by atoms with Crippen molar-refractivity contribution in [2.75, 3.05) is 13.1 Å². The zero-order valence-corrected chi connectivity index (χ0v) is 11.1. The number of rotatable bonds is 3. The van der Waals surface area contributed by atoms with Gasteiger partial charge in [-0.2, -0.15) is 0 Å². The van der Waals surface area contributed by atoms with E-state index in [-0.39, 0.29) is 0 Å². The van der Waals surface area contributed by atoms with E-state index in [4.69, 9.17) is 0 Å². The fraction of sp³-hybridized carbons (Fsp3) is 0.500. The lowest BCUT2D eigenvalue weighted by molar-refractivity contribution is 0.252. The summed E-state index contributed by atoms with van der Waals surface area (Å²) in [6.45, 7) is 9.21. The maximum absolute atomic E-state index is 2.60. The first kappa shape index (κ1) is 12.4. The fourth-order valence-electron chi connectivity index (χ4n) is 2.79. The van der Waals surface area contributed by atoms with Crippen molar-refractivity contribution in [2.24, 2.45) is 11.8 Å². The highest BCUT2D eigenvalue weighted by atomic mass is 15.2. The van der Waals surface area contributed by atoms with E-state index in [0.717, 1.165) is 11.8 Å². The highest BCUT2D eigenvalue weighted by Gasteiger charge is 2.30. The van der Waals surface area contributed by atoms with Crippen LogP contribution in [0.2, 0.25) is 0 Å². The van der Waals surface area contributed by atoms with Crippen molar-refractivity contribution in [1.29, 1.82) is 0 Å². The van der Waals surface area contributed by atoms with E-state index in [1.54, 1.807) is 0 Å². The van der Waals surface area contributed by atoms with E-state index >= 15 is 0 Å². The van der Waals surface area contributed by atoms with Gasteiger partial charge in [0.2, 0.25) is 0 Å². The number of hydrogen-bond donors (Lipinski definition) is 0. The van der Waals surface area contributed by atoms with Gasteiger partial charge >= 0.3 is 0 Å². The minimum Gasteiger partial charge on any atom is -0.296 e. The van der Waals surface area contributed by atoms with Crippen molar-refractivity contribution >= 4 is 0 Å². The van der Waals surface area contributed by atoms with Crippen molar-refractivity contribution in [3.05, 3.63) is 48.0 Å². The number of nitrogens with zero attached hydrogens (tertiary/aromatic N) is 1. The monoisotopic (exact) mass is 229 g/mol. The Bertz CT molecular complexity index is 368. The van der Waals surface area contributed by atoms with Crippen molar-refractivity contribution in [3.63, 3.8) is 0 Å². The molecule has 0 bridgehead atoms. The van der Waals surface area contributed by atoms with E-state index in [1.165, 1.54) is 18.7 Å². The molecule has 0 N–H and O–H groups in total. The summed E-state index contributed by atoms with van der Waals surface area (Å²) in [5.74, 6) is 1.50. The van der Waals surface area contributed by atoms with Gasteiger partial charge < -0.3 is 0 Å². The number of allylic oxidation sites excluding steroid dienone is 1. The summed E-state index contributed by atoms with van der Waals surface area (Å²) in [6.07, 6.45) is 4.56. The van der Waals surface area contributed by atoms with Crippen LogP contribution in [-0.2, 0) is 0 Å². The summed E-state index contributed by atoms with van der Waals surface area (Å²) in [6, 6.07) is 11.4. The van der Waals surface area contributed by atoms with E-state index in [0.29, 0.717) is 6.04 Å². The summed E-state index contributed by atoms with van der Waals surface area (Å²) in [5.41, 5.74) is 1.43. The van der Waals surface area contributed by atoms with Crippen LogP contribution in [0.1, 0.15) is 32.4 Å². The Kier molecular flexibility index (Phi) is 4.01. The van der Waals surface area contributed by atoms with Crippen LogP contribution in [0.25, 0.3) is 0 Å². The second-order valence-electron chi connectivity index (χ2n) is 5.21. The highest BCUT2D eigenvalue weighted by molar-refractivity contribution is 5.19. The molecule has 3 unspecified atom stereocenters. The number of likely N-dealkylation sites (tertiary alicyclic amines) is 1. The molecule has 0 aliphatic carbocycles. The van der Waals surface area contributed by atoms with Gasteiger partial charge in [-0.25, -0.2) is 0 Å². The topological polar surface area (TPSA) is 3.24 Å². The van der Waals surface area contributed by atoms with Crippen LogP contribution >= 0.6 is 0 Å². The van der Waals surface area contributed by atoms with Crippen LogP contribution in [0, 0.1) is 11.8 Å². The van der Waals surface area contributed by atoms with Crippen molar-refractivity contribution < 1.29 is 0 Å². The van der Waals surface area contributed by atoms with Gasteiger partial charge in [-0.3, -0.25) is 4.90 Å². The number of benzene rings is 1. The first-order valence-corrected chi connectivity index (χ1v) is 6.64. The molecule has 1 heteroatoms. The average Bonchev–Trinajstić information content (AvgIpc) is 2.72. The molecule has 1 heterocycles. The minimum absolute atomic E-state index is 0.536. The maximum Gasteiger partial charge on any atom is 0.0320 e. The quantitative estimate of drug-likeness (QED) is 0.711. The largest absolute Gasteiger partial charge is 0.296 e. The predicted octanol–water partition coefficient (Wildman–Crippen LogP) is 3.89. The molecule has 1 saturated heterocycles. The lowest BCUT2D eigenvalue weighted by Crippen LogP contribution is -2.24. The molecule has 0 saturated carbocycles. The van der Waals surface area contributed by atoms with Gasteiger partial charge in [0, 0.05) is 19.1 Å². The fourth-order valence-corrected chi connectivity index (χ4v) is 2.79. The predicted molar refractivity (Wildman–Crippen MR) is 73.9 cm³/mol. The molecular formula is C16H23N. The molecular weight excluding hydrogens is 206 g/mol. The van der Waals surface area contributed by atoms with Gasteiger partial charge in [0.05, 0.1) is 0 Å². The molecule has 1 fully saturated rings. The third-order valence-electron chi connectivity index (χ3n) is 3.97. The lowest BCUT2D eigenvalue weighted by atomic mass is 9.98. The second kappa shape index (κ2) is 5.50. The van der Waals surface area contributed by atoms with Crippen LogP contribution in [0.15, 0.2) is 42.5 Å². The molecule has 3 atom stereocenters. The molecule has 1 aliphatic rings. The molecule has 92 valence electrons. The SMILES string of the molecule is C/C=C\C1CN(C(C)c2ccccc2)CC1C. The minimum atomic E-state index is 0.536. The van der Waals surface area contributed by atoms with E-state index in [2.05, 4.69) is 68.2 Å². The molecule has 1 aromatic rings. The Balaban J connectivity index is 2.05. The normalized spacial score (nSPS) is 27.7. The maximum atomic E-state index is 2.60. The summed E-state index contributed by atoms with van der Waals surface area (Å²) < 4.78 is 0. The third-order valence-corrected chi connectivity index (χ3v) is 3.97. The molecule has 0 spiro atoms. The van der Waals surface area contributed by atoms with Crippen LogP contribution < -0.4 is 0 Å². The van der Waals surface area contributed by atoms with Gasteiger partial charge in [-0.05, 0) is 31.2 Å². The van der Waals surface area contributed by atoms with Gasteiger partial charge in [0.1, 0.15) is 0 Å². The Morgan fingerprint density at radius 2 is 1.94 bits per heavy atom. The van der Waals surface area contributed by atoms with Crippen molar-refractivity contribution in [2.45, 2.75) is 26.8 Å². The Morgan fingerprint density at radius 3 is 2.59 bits per heavy atom. The Labute approximate surface area is 105 Å². The van der Waals surface area contributed by atoms with Crippen molar-refractivity contribution in [3.8, 4) is 0 Å². The zero-order valence-electron chi connectivity index (χ0n) is 11.1. The molecule has 1 aliphatic heterocycles. The first-order chi connectivity index (χ1) is 8.22. The zero-order chi connectivity index (χ0) is 12.3. The first-order valence-electron chi connectivity index (χ1n) is 6.64. The smallest absolute Gasteiger partial charge is 0.0320 e. The third kappa shape index (κ3) is 2.78.